The molecule has 8 heteroatoms. The number of hydrogen-bond donors (Lipinski definition) is 1. The van der Waals surface area contributed by atoms with Gasteiger partial charge in [-0.25, -0.2) is 4.79 Å². The molecule has 3 rings (SSSR count). The molecule has 1 aliphatic rings. The van der Waals surface area contributed by atoms with Crippen LogP contribution < -0.4 is 0 Å². The van der Waals surface area contributed by atoms with Gasteiger partial charge in [-0.05, 0) is 37.6 Å². The summed E-state index contributed by atoms with van der Waals surface area (Å²) in [5.74, 6) is -0.370. The van der Waals surface area contributed by atoms with Gasteiger partial charge in [0.2, 0.25) is 0 Å². The number of halogens is 1. The third kappa shape index (κ3) is 3.60. The molecule has 2 atom stereocenters. The van der Waals surface area contributed by atoms with Crippen molar-refractivity contribution in [2.45, 2.75) is 25.3 Å². The van der Waals surface area contributed by atoms with E-state index in [0.717, 1.165) is 5.56 Å². The Morgan fingerprint density at radius 2 is 2.00 bits per heavy atom. The molecule has 142 valence electrons. The summed E-state index contributed by atoms with van der Waals surface area (Å²) in [6.45, 7) is 4.32. The molecule has 1 aromatic carbocycles. The van der Waals surface area contributed by atoms with Crippen molar-refractivity contribution in [3.63, 3.8) is 0 Å². The number of carbonyl (C=O) groups excluding carboxylic acids is 1. The normalized spacial score (nSPS) is 21.9. The second kappa shape index (κ2) is 7.15. The summed E-state index contributed by atoms with van der Waals surface area (Å²) in [6.07, 6.45) is 0.399. The van der Waals surface area contributed by atoms with Gasteiger partial charge in [-0.1, -0.05) is 23.7 Å². The Bertz CT molecular complexity index is 874. The third-order valence-electron chi connectivity index (χ3n) is 5.30. The average molecular weight is 389 g/mol. The number of likely N-dealkylation sites (N-methyl/N-ethyl adjacent to an activating group) is 1. The quantitative estimate of drug-likeness (QED) is 0.873. The first-order chi connectivity index (χ1) is 12.7. The van der Waals surface area contributed by atoms with E-state index in [4.69, 9.17) is 11.6 Å². The fourth-order valence-electron chi connectivity index (χ4n) is 3.62. The van der Waals surface area contributed by atoms with Gasteiger partial charge in [0.1, 0.15) is 0 Å². The summed E-state index contributed by atoms with van der Waals surface area (Å²) < 4.78 is 0. The van der Waals surface area contributed by atoms with Crippen molar-refractivity contribution in [3.8, 4) is 0 Å². The van der Waals surface area contributed by atoms with Crippen LogP contribution >= 0.6 is 11.6 Å². The number of carboxylic acid groups (broad SMARTS) is 1. The minimum Gasteiger partial charge on any atom is -0.465 e. The van der Waals surface area contributed by atoms with Crippen molar-refractivity contribution in [2.75, 3.05) is 20.1 Å². The van der Waals surface area contributed by atoms with E-state index >= 15 is 0 Å². The third-order valence-corrected chi connectivity index (χ3v) is 5.55. The Morgan fingerprint density at radius 3 is 2.59 bits per heavy atom. The molecule has 0 aliphatic carbocycles. The van der Waals surface area contributed by atoms with Crippen molar-refractivity contribution < 1.29 is 14.7 Å². The maximum absolute atomic E-state index is 13.0. The van der Waals surface area contributed by atoms with Crippen LogP contribution in [0.3, 0.4) is 0 Å². The molecule has 2 aromatic rings. The lowest BCUT2D eigenvalue weighted by atomic mass is 9.82. The lowest BCUT2D eigenvalue weighted by Crippen LogP contribution is -2.52. The molecule has 1 aliphatic heterocycles. The smallest absolute Gasteiger partial charge is 0.407 e. The van der Waals surface area contributed by atoms with Crippen molar-refractivity contribution >= 4 is 23.6 Å². The Morgan fingerprint density at radius 1 is 1.33 bits per heavy atom. The molecule has 1 aromatic heterocycles. The van der Waals surface area contributed by atoms with Crippen LogP contribution in [0.2, 0.25) is 5.02 Å². The number of aryl methyl sites for hydroxylation is 1. The summed E-state index contributed by atoms with van der Waals surface area (Å²) in [4.78, 5) is 27.6. The van der Waals surface area contributed by atoms with Crippen LogP contribution in [0, 0.1) is 6.92 Å². The number of likely N-dealkylation sites (tertiary alicyclic amines) is 1. The fourth-order valence-corrected chi connectivity index (χ4v) is 3.75. The Labute approximate surface area is 162 Å². The first-order valence-electron chi connectivity index (χ1n) is 8.53. The van der Waals surface area contributed by atoms with E-state index < -0.39 is 11.6 Å². The Kier molecular flexibility index (Phi) is 5.06. The highest BCUT2D eigenvalue weighted by molar-refractivity contribution is 6.30. The van der Waals surface area contributed by atoms with Crippen LogP contribution in [-0.2, 0) is 0 Å². The van der Waals surface area contributed by atoms with E-state index in [2.05, 4.69) is 10.2 Å². The SMILES string of the molecule is Cc1cc(C(=O)N2C[C@H](c3ccc(Cl)cc3)[C@@](C)(N(C)C(=O)O)C2)cnn1. The number of aromatic nitrogens is 2. The first-order valence-corrected chi connectivity index (χ1v) is 8.91. The van der Waals surface area contributed by atoms with E-state index in [1.54, 1.807) is 30.0 Å². The van der Waals surface area contributed by atoms with Crippen LogP contribution in [0.1, 0.15) is 34.5 Å². The van der Waals surface area contributed by atoms with Gasteiger partial charge in [-0.15, -0.1) is 0 Å². The van der Waals surface area contributed by atoms with Gasteiger partial charge in [0.05, 0.1) is 23.0 Å². The molecule has 1 fully saturated rings. The summed E-state index contributed by atoms with van der Waals surface area (Å²) >= 11 is 5.99. The van der Waals surface area contributed by atoms with Crippen molar-refractivity contribution in [1.82, 2.24) is 20.0 Å². The van der Waals surface area contributed by atoms with E-state index in [1.807, 2.05) is 19.1 Å². The van der Waals surface area contributed by atoms with Crippen LogP contribution in [0.5, 0.6) is 0 Å². The number of carbonyl (C=O) groups is 2. The molecule has 0 unspecified atom stereocenters. The Hall–Kier alpha value is -2.67. The zero-order valence-electron chi connectivity index (χ0n) is 15.4. The summed E-state index contributed by atoms with van der Waals surface area (Å²) in [5, 5.41) is 17.9. The van der Waals surface area contributed by atoms with Crippen molar-refractivity contribution in [3.05, 3.63) is 58.4 Å². The van der Waals surface area contributed by atoms with Gasteiger partial charge in [0.25, 0.3) is 5.91 Å². The molecule has 0 bridgehead atoms. The van der Waals surface area contributed by atoms with Gasteiger partial charge in [0, 0.05) is 31.1 Å². The molecule has 1 saturated heterocycles. The molecule has 2 amide bonds. The maximum Gasteiger partial charge on any atom is 0.407 e. The zero-order chi connectivity index (χ0) is 19.8. The molecular formula is C19H21ClN4O3. The predicted octanol–water partition coefficient (Wildman–Crippen LogP) is 3.05. The molecule has 27 heavy (non-hydrogen) atoms. The minimum atomic E-state index is -1.04. The van der Waals surface area contributed by atoms with Gasteiger partial charge >= 0.3 is 6.09 Å². The maximum atomic E-state index is 13.0. The highest BCUT2D eigenvalue weighted by atomic mass is 35.5. The monoisotopic (exact) mass is 388 g/mol. The van der Waals surface area contributed by atoms with Gasteiger partial charge in [0.15, 0.2) is 0 Å². The molecule has 7 nitrogen and oxygen atoms in total. The van der Waals surface area contributed by atoms with Gasteiger partial charge in [-0.3, -0.25) is 4.79 Å². The lowest BCUT2D eigenvalue weighted by Gasteiger charge is -2.38. The van der Waals surface area contributed by atoms with Crippen LogP contribution in [0.25, 0.3) is 0 Å². The topological polar surface area (TPSA) is 86.6 Å². The predicted molar refractivity (Wildman–Crippen MR) is 101 cm³/mol. The van der Waals surface area contributed by atoms with Gasteiger partial charge in [-0.2, -0.15) is 10.2 Å². The largest absolute Gasteiger partial charge is 0.465 e. The summed E-state index contributed by atoms with van der Waals surface area (Å²) in [7, 11) is 1.54. The van der Waals surface area contributed by atoms with Gasteiger partial charge < -0.3 is 14.9 Å². The Balaban J connectivity index is 1.97. The average Bonchev–Trinajstić information content (AvgIpc) is 2.99. The summed E-state index contributed by atoms with van der Waals surface area (Å²) in [6, 6.07) is 9.00. The molecule has 0 spiro atoms. The van der Waals surface area contributed by atoms with Crippen LogP contribution in [0.4, 0.5) is 4.79 Å². The van der Waals surface area contributed by atoms with Crippen LogP contribution in [0.15, 0.2) is 36.5 Å². The number of hydrogen-bond acceptors (Lipinski definition) is 4. The summed E-state index contributed by atoms with van der Waals surface area (Å²) in [5.41, 5.74) is 1.26. The zero-order valence-corrected chi connectivity index (χ0v) is 16.1. The lowest BCUT2D eigenvalue weighted by molar-refractivity contribution is 0.0727. The number of benzene rings is 1. The molecule has 2 heterocycles. The molecular weight excluding hydrogens is 368 g/mol. The van der Waals surface area contributed by atoms with Crippen LogP contribution in [-0.4, -0.2) is 62.8 Å². The van der Waals surface area contributed by atoms with Crippen molar-refractivity contribution in [2.24, 2.45) is 0 Å². The number of rotatable bonds is 3. The minimum absolute atomic E-state index is 0.185. The van der Waals surface area contributed by atoms with Crippen molar-refractivity contribution in [1.29, 1.82) is 0 Å². The molecule has 0 saturated carbocycles. The van der Waals surface area contributed by atoms with E-state index in [0.29, 0.717) is 22.8 Å². The number of amides is 2. The van der Waals surface area contributed by atoms with E-state index in [-0.39, 0.29) is 18.4 Å². The molecule has 0 radical (unpaired) electrons. The van der Waals surface area contributed by atoms with E-state index in [9.17, 15) is 14.7 Å². The second-order valence-electron chi connectivity index (χ2n) is 7.07. The second-order valence-corrected chi connectivity index (χ2v) is 7.51. The standard InChI is InChI=1S/C19H21ClN4O3/c1-12-8-14(9-21-22-12)17(25)24-10-16(13-4-6-15(20)7-5-13)19(2,11-24)23(3)18(26)27/h4-9,16H,10-11H2,1-3H3,(H,26,27)/t16-,19+/m1/s1. The number of nitrogens with zero attached hydrogens (tertiary/aromatic N) is 4. The fraction of sp³-hybridized carbons (Fsp3) is 0.368. The molecule has 1 N–H and O–H groups in total. The highest BCUT2D eigenvalue weighted by Gasteiger charge is 2.49. The highest BCUT2D eigenvalue weighted by Crippen LogP contribution is 2.40. The van der Waals surface area contributed by atoms with E-state index in [1.165, 1.54) is 18.1 Å². The first kappa shape index (κ1) is 19.1.